The maximum absolute atomic E-state index is 13.3. The first-order chi connectivity index (χ1) is 14.5. The lowest BCUT2D eigenvalue weighted by atomic mass is 9.95. The van der Waals surface area contributed by atoms with Crippen LogP contribution in [-0.2, 0) is 28.8 Å². The normalized spacial score (nSPS) is 12.9. The summed E-state index contributed by atoms with van der Waals surface area (Å²) in [6.45, 7) is 0. The topological polar surface area (TPSA) is 70.4 Å². The highest BCUT2D eigenvalue weighted by Gasteiger charge is 2.27. The van der Waals surface area contributed by atoms with E-state index < -0.39 is 5.97 Å². The third-order valence-corrected chi connectivity index (χ3v) is 5.15. The van der Waals surface area contributed by atoms with Crippen LogP contribution in [-0.4, -0.2) is 28.8 Å². The van der Waals surface area contributed by atoms with Crippen LogP contribution in [0.15, 0.2) is 48.5 Å². The first kappa shape index (κ1) is 19.8. The lowest BCUT2D eigenvalue weighted by Gasteiger charge is -2.14. The van der Waals surface area contributed by atoms with Gasteiger partial charge in [-0.1, -0.05) is 12.1 Å². The number of rotatable bonds is 5. The quantitative estimate of drug-likeness (QED) is 0.474. The summed E-state index contributed by atoms with van der Waals surface area (Å²) in [6, 6.07) is 12.7. The fourth-order valence-electron chi connectivity index (χ4n) is 3.63. The lowest BCUT2D eigenvalue weighted by Crippen LogP contribution is -2.13. The van der Waals surface area contributed by atoms with Gasteiger partial charge >= 0.3 is 11.9 Å². The van der Waals surface area contributed by atoms with Crippen LogP contribution in [0, 0.1) is 5.82 Å². The molecule has 0 radical (unpaired) electrons. The SMILES string of the molecule is COC(=O)Cc1ccc(OC(=O)c2nn(-c3ccc(F)cc3)c3c2CCCC3)cc1. The molecule has 2 aromatic carbocycles. The largest absolute Gasteiger partial charge is 0.469 e. The highest BCUT2D eigenvalue weighted by Crippen LogP contribution is 2.28. The standard InChI is InChI=1S/C23H21FN2O4/c1-29-21(27)14-15-6-12-18(13-7-15)30-23(28)22-19-4-2-3-5-20(19)26(25-22)17-10-8-16(24)9-11-17/h6-13H,2-5,14H2,1H3. The van der Waals surface area contributed by atoms with Crippen LogP contribution in [0.2, 0.25) is 0 Å². The van der Waals surface area contributed by atoms with Crippen LogP contribution in [0.3, 0.4) is 0 Å². The molecule has 1 aliphatic carbocycles. The van der Waals surface area contributed by atoms with Gasteiger partial charge in [0.15, 0.2) is 5.69 Å². The molecule has 6 nitrogen and oxygen atoms in total. The Labute approximate surface area is 173 Å². The van der Waals surface area contributed by atoms with Crippen molar-refractivity contribution in [2.75, 3.05) is 7.11 Å². The Morgan fingerprint density at radius 2 is 1.73 bits per heavy atom. The van der Waals surface area contributed by atoms with Gasteiger partial charge in [-0.25, -0.2) is 13.9 Å². The Balaban J connectivity index is 1.58. The molecule has 1 heterocycles. The van der Waals surface area contributed by atoms with Crippen molar-refractivity contribution in [2.45, 2.75) is 32.1 Å². The lowest BCUT2D eigenvalue weighted by molar-refractivity contribution is -0.139. The molecular weight excluding hydrogens is 387 g/mol. The van der Waals surface area contributed by atoms with Crippen LogP contribution >= 0.6 is 0 Å². The molecule has 154 valence electrons. The molecule has 0 saturated heterocycles. The van der Waals surface area contributed by atoms with Gasteiger partial charge in [-0.05, 0) is 67.6 Å². The molecule has 1 aliphatic rings. The predicted octanol–water partition coefficient (Wildman–Crippen LogP) is 3.82. The molecule has 0 aliphatic heterocycles. The van der Waals surface area contributed by atoms with Gasteiger partial charge in [0.1, 0.15) is 11.6 Å². The second kappa shape index (κ2) is 8.49. The maximum Gasteiger partial charge on any atom is 0.364 e. The molecule has 1 aromatic heterocycles. The molecule has 0 bridgehead atoms. The van der Waals surface area contributed by atoms with Crippen molar-refractivity contribution in [1.29, 1.82) is 0 Å². The van der Waals surface area contributed by atoms with Gasteiger partial charge in [0, 0.05) is 11.3 Å². The highest BCUT2D eigenvalue weighted by atomic mass is 19.1. The fourth-order valence-corrected chi connectivity index (χ4v) is 3.63. The van der Waals surface area contributed by atoms with Gasteiger partial charge in [-0.2, -0.15) is 5.10 Å². The predicted molar refractivity (Wildman–Crippen MR) is 107 cm³/mol. The van der Waals surface area contributed by atoms with Gasteiger partial charge in [0.05, 0.1) is 19.2 Å². The number of aromatic nitrogens is 2. The van der Waals surface area contributed by atoms with E-state index in [1.54, 1.807) is 41.1 Å². The van der Waals surface area contributed by atoms with E-state index in [4.69, 9.17) is 4.74 Å². The smallest absolute Gasteiger partial charge is 0.364 e. The summed E-state index contributed by atoms with van der Waals surface area (Å²) in [5, 5.41) is 4.51. The van der Waals surface area contributed by atoms with Crippen molar-refractivity contribution in [3.05, 3.63) is 76.9 Å². The third-order valence-electron chi connectivity index (χ3n) is 5.15. The van der Waals surface area contributed by atoms with Gasteiger partial charge in [-0.3, -0.25) is 4.79 Å². The van der Waals surface area contributed by atoms with Crippen LogP contribution < -0.4 is 4.74 Å². The molecule has 0 N–H and O–H groups in total. The van der Waals surface area contributed by atoms with Crippen LogP contribution in [0.5, 0.6) is 5.75 Å². The Bertz CT molecular complexity index is 1070. The number of methoxy groups -OCH3 is 1. The molecular formula is C23H21FN2O4. The van der Waals surface area contributed by atoms with Crippen molar-refractivity contribution in [1.82, 2.24) is 9.78 Å². The van der Waals surface area contributed by atoms with Crippen LogP contribution in [0.1, 0.15) is 40.2 Å². The molecule has 0 fully saturated rings. The molecule has 4 rings (SSSR count). The molecule has 7 heteroatoms. The molecule has 0 amide bonds. The van der Waals surface area contributed by atoms with E-state index >= 15 is 0 Å². The van der Waals surface area contributed by atoms with E-state index in [9.17, 15) is 14.0 Å². The number of ether oxygens (including phenoxy) is 2. The number of benzene rings is 2. The van der Waals surface area contributed by atoms with E-state index in [1.807, 2.05) is 0 Å². The average Bonchev–Trinajstić information content (AvgIpc) is 3.15. The number of esters is 2. The molecule has 0 atom stereocenters. The molecule has 3 aromatic rings. The zero-order chi connectivity index (χ0) is 21.1. The summed E-state index contributed by atoms with van der Waals surface area (Å²) < 4.78 is 25.2. The number of hydrogen-bond donors (Lipinski definition) is 0. The summed E-state index contributed by atoms with van der Waals surface area (Å²) in [6.07, 6.45) is 3.69. The Kier molecular flexibility index (Phi) is 5.61. The summed E-state index contributed by atoms with van der Waals surface area (Å²) in [5.41, 5.74) is 3.61. The molecule has 0 unspecified atom stereocenters. The minimum Gasteiger partial charge on any atom is -0.469 e. The molecule has 30 heavy (non-hydrogen) atoms. The van der Waals surface area contributed by atoms with E-state index in [0.29, 0.717) is 11.4 Å². The summed E-state index contributed by atoms with van der Waals surface area (Å²) in [5.74, 6) is -0.822. The summed E-state index contributed by atoms with van der Waals surface area (Å²) in [7, 11) is 1.34. The number of carbonyl (C=O) groups excluding carboxylic acids is 2. The second-order valence-electron chi connectivity index (χ2n) is 7.16. The zero-order valence-corrected chi connectivity index (χ0v) is 16.6. The Hall–Kier alpha value is -3.48. The van der Waals surface area contributed by atoms with E-state index in [2.05, 4.69) is 9.84 Å². The third kappa shape index (κ3) is 4.10. The Morgan fingerprint density at radius 3 is 2.43 bits per heavy atom. The van der Waals surface area contributed by atoms with E-state index in [0.717, 1.165) is 42.5 Å². The minimum absolute atomic E-state index is 0.153. The molecule has 0 spiro atoms. The van der Waals surface area contributed by atoms with Gasteiger partial charge in [0.2, 0.25) is 0 Å². The van der Waals surface area contributed by atoms with Gasteiger partial charge in [-0.15, -0.1) is 0 Å². The van der Waals surface area contributed by atoms with Crippen molar-refractivity contribution in [2.24, 2.45) is 0 Å². The number of hydrogen-bond acceptors (Lipinski definition) is 5. The van der Waals surface area contributed by atoms with Crippen molar-refractivity contribution >= 4 is 11.9 Å². The Morgan fingerprint density at radius 1 is 1.03 bits per heavy atom. The van der Waals surface area contributed by atoms with Crippen molar-refractivity contribution < 1.29 is 23.5 Å². The first-order valence-corrected chi connectivity index (χ1v) is 9.80. The monoisotopic (exact) mass is 408 g/mol. The number of nitrogens with zero attached hydrogens (tertiary/aromatic N) is 2. The van der Waals surface area contributed by atoms with Crippen LogP contribution in [0.25, 0.3) is 5.69 Å². The number of fused-ring (bicyclic) bond motifs is 1. The number of halogens is 1. The van der Waals surface area contributed by atoms with E-state index in [-0.39, 0.29) is 23.9 Å². The minimum atomic E-state index is -0.533. The van der Waals surface area contributed by atoms with Crippen molar-refractivity contribution in [3.63, 3.8) is 0 Å². The van der Waals surface area contributed by atoms with Crippen LogP contribution in [0.4, 0.5) is 4.39 Å². The highest BCUT2D eigenvalue weighted by molar-refractivity contribution is 5.91. The maximum atomic E-state index is 13.3. The average molecular weight is 408 g/mol. The second-order valence-corrected chi connectivity index (χ2v) is 7.16. The fraction of sp³-hybridized carbons (Fsp3) is 0.261. The number of carbonyl (C=O) groups is 2. The summed E-state index contributed by atoms with van der Waals surface area (Å²) in [4.78, 5) is 24.2. The van der Waals surface area contributed by atoms with Crippen molar-refractivity contribution in [3.8, 4) is 11.4 Å². The van der Waals surface area contributed by atoms with Gasteiger partial charge in [0.25, 0.3) is 0 Å². The van der Waals surface area contributed by atoms with E-state index in [1.165, 1.54) is 19.2 Å². The first-order valence-electron chi connectivity index (χ1n) is 9.80. The molecule has 0 saturated carbocycles. The zero-order valence-electron chi connectivity index (χ0n) is 16.6. The van der Waals surface area contributed by atoms with Gasteiger partial charge < -0.3 is 9.47 Å². The summed E-state index contributed by atoms with van der Waals surface area (Å²) >= 11 is 0.